The lowest BCUT2D eigenvalue weighted by Crippen LogP contribution is -2.40. The van der Waals surface area contributed by atoms with E-state index in [1.165, 1.54) is 43.5 Å². The predicted octanol–water partition coefficient (Wildman–Crippen LogP) is 4.45. The molecular formula is C29H34N4O2. The highest BCUT2D eigenvalue weighted by Gasteiger charge is 2.27. The van der Waals surface area contributed by atoms with Gasteiger partial charge in [0.15, 0.2) is 0 Å². The number of para-hydroxylation sites is 1. The lowest BCUT2D eigenvalue weighted by atomic mass is 10.1. The van der Waals surface area contributed by atoms with E-state index < -0.39 is 0 Å². The van der Waals surface area contributed by atoms with Crippen molar-refractivity contribution in [1.29, 1.82) is 0 Å². The molecule has 0 atom stereocenters. The molecule has 35 heavy (non-hydrogen) atoms. The molecule has 2 amide bonds. The van der Waals surface area contributed by atoms with Crippen LogP contribution in [0.1, 0.15) is 51.2 Å². The Morgan fingerprint density at radius 1 is 0.886 bits per heavy atom. The number of hydrogen-bond acceptors (Lipinski definition) is 3. The molecule has 1 saturated heterocycles. The van der Waals surface area contributed by atoms with Gasteiger partial charge >= 0.3 is 0 Å². The quantitative estimate of drug-likeness (QED) is 0.513. The lowest BCUT2D eigenvalue weighted by molar-refractivity contribution is 0.0706. The third-order valence-corrected chi connectivity index (χ3v) is 7.26. The van der Waals surface area contributed by atoms with Gasteiger partial charge < -0.3 is 14.4 Å². The van der Waals surface area contributed by atoms with Crippen LogP contribution in [0.3, 0.4) is 0 Å². The summed E-state index contributed by atoms with van der Waals surface area (Å²) >= 11 is 0. The molecule has 2 aliphatic rings. The molecule has 6 heteroatoms. The van der Waals surface area contributed by atoms with E-state index in [9.17, 15) is 9.59 Å². The van der Waals surface area contributed by atoms with E-state index in [-0.39, 0.29) is 11.8 Å². The van der Waals surface area contributed by atoms with Gasteiger partial charge in [-0.2, -0.15) is 0 Å². The van der Waals surface area contributed by atoms with Crippen LogP contribution in [0, 0.1) is 0 Å². The van der Waals surface area contributed by atoms with E-state index >= 15 is 0 Å². The fourth-order valence-corrected chi connectivity index (χ4v) is 5.11. The van der Waals surface area contributed by atoms with Gasteiger partial charge in [-0.05, 0) is 61.7 Å². The highest BCUT2D eigenvalue weighted by atomic mass is 16.2. The van der Waals surface area contributed by atoms with Gasteiger partial charge in [0.05, 0.1) is 5.56 Å². The van der Waals surface area contributed by atoms with Crippen molar-refractivity contribution >= 4 is 17.5 Å². The molecule has 5 rings (SSSR count). The van der Waals surface area contributed by atoms with Crippen LogP contribution in [0.15, 0.2) is 66.9 Å². The number of piperidine rings is 1. The Hall–Kier alpha value is -3.38. The Morgan fingerprint density at radius 2 is 1.60 bits per heavy atom. The molecule has 0 unspecified atom stereocenters. The lowest BCUT2D eigenvalue weighted by Gasteiger charge is -2.28. The van der Waals surface area contributed by atoms with Crippen LogP contribution in [0.5, 0.6) is 0 Å². The third kappa shape index (κ3) is 5.33. The van der Waals surface area contributed by atoms with Crippen molar-refractivity contribution in [3.8, 4) is 0 Å². The summed E-state index contributed by atoms with van der Waals surface area (Å²) in [6.07, 6.45) is 6.62. The second-order valence-electron chi connectivity index (χ2n) is 9.70. The largest absolute Gasteiger partial charge is 0.341 e. The molecular weight excluding hydrogens is 436 g/mol. The maximum Gasteiger partial charge on any atom is 0.270 e. The number of rotatable bonds is 7. The Labute approximate surface area is 207 Å². The molecule has 1 aromatic heterocycles. The molecule has 0 radical (unpaired) electrons. The number of amides is 2. The normalized spacial score (nSPS) is 16.3. The van der Waals surface area contributed by atoms with E-state index in [2.05, 4.69) is 29.2 Å². The fraction of sp³-hybridized carbons (Fsp3) is 0.379. The number of nitrogens with zero attached hydrogens (tertiary/aromatic N) is 4. The summed E-state index contributed by atoms with van der Waals surface area (Å²) in [6, 6.07) is 20.2. The number of aromatic nitrogens is 1. The van der Waals surface area contributed by atoms with E-state index in [1.54, 1.807) is 18.0 Å². The maximum atomic E-state index is 13.2. The van der Waals surface area contributed by atoms with Crippen molar-refractivity contribution < 1.29 is 9.59 Å². The molecule has 2 aromatic carbocycles. The summed E-state index contributed by atoms with van der Waals surface area (Å²) in [5.41, 5.74) is 4.59. The number of hydrogen-bond donors (Lipinski definition) is 0. The number of anilines is 1. The Balaban J connectivity index is 1.18. The number of carbonyl (C=O) groups is 2. The molecule has 2 aliphatic heterocycles. The average Bonchev–Trinajstić information content (AvgIpc) is 3.35. The molecule has 0 N–H and O–H groups in total. The zero-order valence-electron chi connectivity index (χ0n) is 20.5. The molecule has 3 aromatic rings. The average molecular weight is 471 g/mol. The van der Waals surface area contributed by atoms with Gasteiger partial charge in [0.25, 0.3) is 11.8 Å². The Bertz CT molecular complexity index is 1160. The van der Waals surface area contributed by atoms with Gasteiger partial charge in [0.1, 0.15) is 5.69 Å². The molecule has 3 heterocycles. The van der Waals surface area contributed by atoms with E-state index in [0.29, 0.717) is 30.9 Å². The van der Waals surface area contributed by atoms with Crippen LogP contribution in [-0.2, 0) is 19.5 Å². The summed E-state index contributed by atoms with van der Waals surface area (Å²) in [6.45, 7) is 5.49. The van der Waals surface area contributed by atoms with Gasteiger partial charge in [0.2, 0.25) is 0 Å². The summed E-state index contributed by atoms with van der Waals surface area (Å²) in [4.78, 5) is 32.2. The van der Waals surface area contributed by atoms with Crippen LogP contribution in [0.2, 0.25) is 0 Å². The summed E-state index contributed by atoms with van der Waals surface area (Å²) in [7, 11) is 1.76. The summed E-state index contributed by atoms with van der Waals surface area (Å²) < 4.78 is 1.92. The topological polar surface area (TPSA) is 48.8 Å². The van der Waals surface area contributed by atoms with Gasteiger partial charge in [-0.1, -0.05) is 48.9 Å². The molecule has 0 saturated carbocycles. The van der Waals surface area contributed by atoms with Crippen molar-refractivity contribution in [2.75, 3.05) is 38.1 Å². The van der Waals surface area contributed by atoms with Gasteiger partial charge in [-0.25, -0.2) is 0 Å². The van der Waals surface area contributed by atoms with E-state index in [0.717, 1.165) is 18.7 Å². The summed E-state index contributed by atoms with van der Waals surface area (Å²) in [5.74, 6) is -0.110. The van der Waals surface area contributed by atoms with Gasteiger partial charge in [-0.15, -0.1) is 0 Å². The second-order valence-corrected chi connectivity index (χ2v) is 9.70. The number of fused-ring (bicyclic) bond motifs is 1. The smallest absolute Gasteiger partial charge is 0.270 e. The van der Waals surface area contributed by atoms with Crippen molar-refractivity contribution in [1.82, 2.24) is 14.4 Å². The first-order valence-corrected chi connectivity index (χ1v) is 12.7. The Kier molecular flexibility index (Phi) is 7.00. The standard InChI is InChI=1S/C29H34N4O2/c1-30(26-8-4-2-5-9-26)28(34)25-20-27-29(35)32(18-19-33(27)22-25)17-14-23-10-12-24(13-11-23)21-31-15-6-3-7-16-31/h2,4-5,8-13,20,22H,3,6-7,14-19,21H2,1H3. The predicted molar refractivity (Wildman–Crippen MR) is 139 cm³/mol. The maximum absolute atomic E-state index is 13.2. The zero-order chi connectivity index (χ0) is 24.2. The Morgan fingerprint density at radius 3 is 2.34 bits per heavy atom. The van der Waals surface area contributed by atoms with E-state index in [4.69, 9.17) is 0 Å². The zero-order valence-corrected chi connectivity index (χ0v) is 20.5. The first-order valence-electron chi connectivity index (χ1n) is 12.7. The van der Waals surface area contributed by atoms with Crippen molar-refractivity contribution in [3.63, 3.8) is 0 Å². The highest BCUT2D eigenvalue weighted by Crippen LogP contribution is 2.21. The van der Waals surface area contributed by atoms with Crippen molar-refractivity contribution in [3.05, 3.63) is 89.2 Å². The minimum Gasteiger partial charge on any atom is -0.341 e. The molecule has 6 nitrogen and oxygen atoms in total. The number of likely N-dealkylation sites (tertiary alicyclic amines) is 1. The monoisotopic (exact) mass is 470 g/mol. The second kappa shape index (κ2) is 10.5. The van der Waals surface area contributed by atoms with Crippen LogP contribution < -0.4 is 4.90 Å². The van der Waals surface area contributed by atoms with Crippen LogP contribution in [-0.4, -0.2) is 59.4 Å². The number of carbonyl (C=O) groups excluding carboxylic acids is 2. The van der Waals surface area contributed by atoms with Crippen molar-refractivity contribution in [2.24, 2.45) is 0 Å². The summed E-state index contributed by atoms with van der Waals surface area (Å²) in [5, 5.41) is 0. The van der Waals surface area contributed by atoms with Gasteiger partial charge in [0, 0.05) is 45.1 Å². The molecule has 1 fully saturated rings. The van der Waals surface area contributed by atoms with Crippen LogP contribution in [0.4, 0.5) is 5.69 Å². The first kappa shape index (κ1) is 23.4. The minimum atomic E-state index is -0.109. The molecule has 182 valence electrons. The van der Waals surface area contributed by atoms with Crippen LogP contribution >= 0.6 is 0 Å². The first-order chi connectivity index (χ1) is 17.1. The van der Waals surface area contributed by atoms with E-state index in [1.807, 2.05) is 46.0 Å². The highest BCUT2D eigenvalue weighted by molar-refractivity contribution is 6.07. The third-order valence-electron chi connectivity index (χ3n) is 7.26. The van der Waals surface area contributed by atoms with Crippen LogP contribution in [0.25, 0.3) is 0 Å². The fourth-order valence-electron chi connectivity index (χ4n) is 5.11. The molecule has 0 spiro atoms. The van der Waals surface area contributed by atoms with Crippen molar-refractivity contribution in [2.45, 2.75) is 38.8 Å². The molecule has 0 bridgehead atoms. The SMILES string of the molecule is CN(C(=O)c1cc2n(c1)CCN(CCc1ccc(CN3CCCCC3)cc1)C2=O)c1ccccc1. The van der Waals surface area contributed by atoms with Gasteiger partial charge in [-0.3, -0.25) is 14.5 Å². The molecule has 0 aliphatic carbocycles. The number of benzene rings is 2. The minimum absolute atomic E-state index is 0.000571.